The average molecular weight is 253 g/mol. The molecule has 2 nitrogen and oxygen atoms in total. The van der Waals surface area contributed by atoms with Gasteiger partial charge in [-0.1, -0.05) is 56.5 Å². The minimum absolute atomic E-state index is 0.652. The molecule has 0 radical (unpaired) electrons. The summed E-state index contributed by atoms with van der Waals surface area (Å²) < 4.78 is 10.8. The Kier molecular flexibility index (Phi) is 9.91. The van der Waals surface area contributed by atoms with Crippen molar-refractivity contribution in [3.05, 3.63) is 0 Å². The molecule has 4 heteroatoms. The van der Waals surface area contributed by atoms with Crippen molar-refractivity contribution >= 4 is 18.9 Å². The summed E-state index contributed by atoms with van der Waals surface area (Å²) in [6, 6.07) is 0.908. The zero-order valence-electron chi connectivity index (χ0n) is 10.4. The van der Waals surface area contributed by atoms with Gasteiger partial charge in [-0.25, -0.2) is 0 Å². The largest absolute Gasteiger partial charge is 0.442 e. The molecule has 0 aliphatic carbocycles. The maximum absolute atomic E-state index is 6.26. The third kappa shape index (κ3) is 8.26. The molecule has 0 saturated heterocycles. The Morgan fingerprint density at radius 2 is 1.60 bits per heavy atom. The second-order valence-corrected chi connectivity index (χ2v) is 8.06. The molecule has 92 valence electrons. The van der Waals surface area contributed by atoms with Crippen LogP contribution in [0.25, 0.3) is 0 Å². The maximum atomic E-state index is 6.26. The quantitative estimate of drug-likeness (QED) is 0.330. The molecule has 0 aliphatic heterocycles. The predicted octanol–water partition coefficient (Wildman–Crippen LogP) is 4.21. The van der Waals surface area contributed by atoms with Crippen LogP contribution in [0.4, 0.5) is 0 Å². The van der Waals surface area contributed by atoms with E-state index in [1.165, 1.54) is 32.1 Å². The Labute approximate surface area is 100 Å². The van der Waals surface area contributed by atoms with Crippen LogP contribution >= 0.6 is 11.1 Å². The highest BCUT2D eigenvalue weighted by molar-refractivity contribution is 7.12. The normalized spacial score (nSPS) is 15.2. The molecule has 0 amide bonds. The van der Waals surface area contributed by atoms with Crippen molar-refractivity contribution in [1.82, 2.24) is 0 Å². The van der Waals surface area contributed by atoms with E-state index in [0.29, 0.717) is 6.61 Å². The fourth-order valence-electron chi connectivity index (χ4n) is 1.57. The molecule has 0 aromatic carbocycles. The molecule has 0 saturated carbocycles. The lowest BCUT2D eigenvalue weighted by Gasteiger charge is -2.20. The monoisotopic (exact) mass is 252 g/mol. The summed E-state index contributed by atoms with van der Waals surface area (Å²) in [5.41, 5.74) is 0. The highest BCUT2D eigenvalue weighted by Gasteiger charge is 2.33. The minimum Gasteiger partial charge on any atom is -0.386 e. The molecule has 0 rings (SSSR count). The second-order valence-electron chi connectivity index (χ2n) is 3.81. The Morgan fingerprint density at radius 1 is 1.00 bits per heavy atom. The van der Waals surface area contributed by atoms with Gasteiger partial charge < -0.3 is 8.85 Å². The zero-order valence-corrected chi connectivity index (χ0v) is 12.1. The molecule has 15 heavy (non-hydrogen) atoms. The van der Waals surface area contributed by atoms with Crippen molar-refractivity contribution in [3.63, 3.8) is 0 Å². The van der Waals surface area contributed by atoms with Crippen molar-refractivity contribution in [2.45, 2.75) is 58.4 Å². The van der Waals surface area contributed by atoms with Crippen LogP contribution in [-0.4, -0.2) is 21.6 Å². The Balaban J connectivity index is 3.46. The summed E-state index contributed by atoms with van der Waals surface area (Å²) in [6.07, 6.45) is 7.68. The van der Waals surface area contributed by atoms with E-state index < -0.39 is 7.87 Å². The van der Waals surface area contributed by atoms with Gasteiger partial charge in [0.05, 0.1) is 0 Å². The smallest absolute Gasteiger partial charge is 0.386 e. The molecule has 0 aromatic heterocycles. The van der Waals surface area contributed by atoms with Crippen LogP contribution in [0.15, 0.2) is 0 Å². The highest BCUT2D eigenvalue weighted by atomic mass is 35.6. The predicted molar refractivity (Wildman–Crippen MR) is 68.4 cm³/mol. The minimum atomic E-state index is -2.32. The molecule has 0 heterocycles. The molecular weight excluding hydrogens is 228 g/mol. The van der Waals surface area contributed by atoms with E-state index in [9.17, 15) is 0 Å². The van der Waals surface area contributed by atoms with Crippen LogP contribution in [0.3, 0.4) is 0 Å². The van der Waals surface area contributed by atoms with Gasteiger partial charge in [-0.15, -0.1) is 0 Å². The van der Waals surface area contributed by atoms with Crippen LogP contribution in [-0.2, 0) is 8.85 Å². The summed E-state index contributed by atoms with van der Waals surface area (Å²) >= 11 is 6.26. The standard InChI is InChI=1S/C11H25ClO2Si/c1-4-6-7-8-9-10-11-15(12,13-3)14-5-2/h4-11H2,1-3H3. The van der Waals surface area contributed by atoms with E-state index in [2.05, 4.69) is 6.92 Å². The van der Waals surface area contributed by atoms with E-state index in [1.54, 1.807) is 7.11 Å². The van der Waals surface area contributed by atoms with Crippen molar-refractivity contribution in [3.8, 4) is 0 Å². The average Bonchev–Trinajstić information content (AvgIpc) is 2.24. The first-order valence-electron chi connectivity index (χ1n) is 6.06. The summed E-state index contributed by atoms with van der Waals surface area (Å²) in [5, 5.41) is 0. The lowest BCUT2D eigenvalue weighted by molar-refractivity contribution is 0.229. The SMILES string of the molecule is CCCCCCCC[Si](Cl)(OC)OCC. The Morgan fingerprint density at radius 3 is 2.13 bits per heavy atom. The highest BCUT2D eigenvalue weighted by Crippen LogP contribution is 2.21. The summed E-state index contributed by atoms with van der Waals surface area (Å²) in [5.74, 6) is 0. The third-order valence-electron chi connectivity index (χ3n) is 2.49. The van der Waals surface area contributed by atoms with Crippen LogP contribution in [0.5, 0.6) is 0 Å². The number of hydrogen-bond donors (Lipinski definition) is 0. The van der Waals surface area contributed by atoms with Gasteiger partial charge in [-0.05, 0) is 6.92 Å². The van der Waals surface area contributed by atoms with Crippen LogP contribution < -0.4 is 0 Å². The fraction of sp³-hybridized carbons (Fsp3) is 1.00. The van der Waals surface area contributed by atoms with Gasteiger partial charge in [0.2, 0.25) is 0 Å². The third-order valence-corrected chi connectivity index (χ3v) is 6.13. The number of unbranched alkanes of at least 4 members (excludes halogenated alkanes) is 5. The van der Waals surface area contributed by atoms with Gasteiger partial charge >= 0.3 is 7.87 Å². The molecule has 1 atom stereocenters. The maximum Gasteiger partial charge on any atom is 0.442 e. The first-order chi connectivity index (χ1) is 7.18. The topological polar surface area (TPSA) is 18.5 Å². The fourth-order valence-corrected chi connectivity index (χ4v) is 3.86. The van der Waals surface area contributed by atoms with E-state index in [-0.39, 0.29) is 0 Å². The van der Waals surface area contributed by atoms with Crippen LogP contribution in [0.1, 0.15) is 52.4 Å². The molecule has 0 aromatic rings. The second kappa shape index (κ2) is 9.64. The van der Waals surface area contributed by atoms with Crippen molar-refractivity contribution in [2.75, 3.05) is 13.7 Å². The van der Waals surface area contributed by atoms with E-state index in [4.69, 9.17) is 19.9 Å². The van der Waals surface area contributed by atoms with Crippen molar-refractivity contribution < 1.29 is 8.85 Å². The first kappa shape index (κ1) is 15.4. The molecule has 0 aliphatic rings. The van der Waals surface area contributed by atoms with Gasteiger partial charge in [-0.2, -0.15) is 0 Å². The van der Waals surface area contributed by atoms with Crippen molar-refractivity contribution in [2.24, 2.45) is 0 Å². The molecule has 0 spiro atoms. The van der Waals surface area contributed by atoms with Crippen LogP contribution in [0, 0.1) is 0 Å². The van der Waals surface area contributed by atoms with E-state index in [0.717, 1.165) is 12.5 Å². The lowest BCUT2D eigenvalue weighted by atomic mass is 10.1. The van der Waals surface area contributed by atoms with Gasteiger partial charge in [0.1, 0.15) is 0 Å². The molecular formula is C11H25ClO2Si. The van der Waals surface area contributed by atoms with E-state index >= 15 is 0 Å². The van der Waals surface area contributed by atoms with E-state index in [1.807, 2.05) is 6.92 Å². The lowest BCUT2D eigenvalue weighted by Crippen LogP contribution is -2.34. The van der Waals surface area contributed by atoms with Crippen LogP contribution in [0.2, 0.25) is 6.04 Å². The summed E-state index contributed by atoms with van der Waals surface area (Å²) in [4.78, 5) is 0. The Bertz CT molecular complexity index is 147. The van der Waals surface area contributed by atoms with Crippen molar-refractivity contribution in [1.29, 1.82) is 0 Å². The molecule has 0 bridgehead atoms. The molecule has 0 N–H and O–H groups in total. The van der Waals surface area contributed by atoms with Gasteiger partial charge in [0.15, 0.2) is 0 Å². The van der Waals surface area contributed by atoms with Gasteiger partial charge in [0.25, 0.3) is 0 Å². The molecule has 1 unspecified atom stereocenters. The number of rotatable bonds is 10. The Hall–Kier alpha value is 0.427. The number of hydrogen-bond acceptors (Lipinski definition) is 2. The summed E-state index contributed by atoms with van der Waals surface area (Å²) in [6.45, 7) is 4.85. The van der Waals surface area contributed by atoms with Gasteiger partial charge in [-0.3, -0.25) is 0 Å². The zero-order chi connectivity index (χ0) is 11.6. The number of halogens is 1. The molecule has 0 fully saturated rings. The van der Waals surface area contributed by atoms with Gasteiger partial charge in [0, 0.05) is 19.8 Å². The summed E-state index contributed by atoms with van der Waals surface area (Å²) in [7, 11) is -0.661. The first-order valence-corrected chi connectivity index (χ1v) is 9.10.